The molecule has 0 saturated carbocycles. The van der Waals surface area contributed by atoms with Crippen LogP contribution in [0, 0.1) is 5.92 Å². The van der Waals surface area contributed by atoms with Crippen molar-refractivity contribution in [1.29, 1.82) is 0 Å². The largest absolute Gasteiger partial charge is 0.356 e. The molecule has 0 radical (unpaired) electrons. The Kier molecular flexibility index (Phi) is 8.07. The first-order valence-electron chi connectivity index (χ1n) is 5.61. The highest BCUT2D eigenvalue weighted by Gasteiger charge is 2.13. The molecule has 2 amide bonds. The van der Waals surface area contributed by atoms with Crippen LogP contribution in [0.25, 0.3) is 0 Å². The normalized spacial score (nSPS) is 14.0. The summed E-state index contributed by atoms with van der Waals surface area (Å²) in [6, 6.07) is 0. The molecule has 2 N–H and O–H groups in total. The molecule has 94 valence electrons. The summed E-state index contributed by atoms with van der Waals surface area (Å²) in [5, 5.41) is 5.56. The maximum Gasteiger partial charge on any atom is 0.232 e. The standard InChI is InChI=1S/C11H22N2O2S/c1-5-12-10(14)8(2)6-7-13-11(15)9(3)16-4/h8-9H,5-7H2,1-4H3,(H,12,14)(H,13,15). The van der Waals surface area contributed by atoms with Gasteiger partial charge in [-0.1, -0.05) is 6.92 Å². The lowest BCUT2D eigenvalue weighted by molar-refractivity contribution is -0.125. The van der Waals surface area contributed by atoms with Crippen LogP contribution in [-0.4, -0.2) is 36.4 Å². The predicted octanol–water partition coefficient (Wildman–Crippen LogP) is 1.02. The Balaban J connectivity index is 3.73. The Morgan fingerprint density at radius 1 is 1.19 bits per heavy atom. The van der Waals surface area contributed by atoms with E-state index in [1.807, 2.05) is 27.0 Å². The molecule has 2 atom stereocenters. The molecule has 0 saturated heterocycles. The molecule has 5 heteroatoms. The minimum atomic E-state index is -0.0511. The smallest absolute Gasteiger partial charge is 0.232 e. The van der Waals surface area contributed by atoms with E-state index >= 15 is 0 Å². The van der Waals surface area contributed by atoms with Crippen LogP contribution in [0.15, 0.2) is 0 Å². The van der Waals surface area contributed by atoms with E-state index in [-0.39, 0.29) is 23.0 Å². The van der Waals surface area contributed by atoms with Gasteiger partial charge in [-0.05, 0) is 26.5 Å². The monoisotopic (exact) mass is 246 g/mol. The molecule has 0 aliphatic carbocycles. The predicted molar refractivity (Wildman–Crippen MR) is 68.5 cm³/mol. The van der Waals surface area contributed by atoms with E-state index in [0.29, 0.717) is 19.5 Å². The number of amides is 2. The summed E-state index contributed by atoms with van der Waals surface area (Å²) in [5.41, 5.74) is 0. The minimum Gasteiger partial charge on any atom is -0.356 e. The van der Waals surface area contributed by atoms with Gasteiger partial charge in [-0.25, -0.2) is 0 Å². The number of thioether (sulfide) groups is 1. The summed E-state index contributed by atoms with van der Waals surface area (Å²) in [6.07, 6.45) is 2.58. The number of rotatable bonds is 7. The first kappa shape index (κ1) is 15.3. The van der Waals surface area contributed by atoms with Crippen molar-refractivity contribution in [2.75, 3.05) is 19.3 Å². The third kappa shape index (κ3) is 6.00. The van der Waals surface area contributed by atoms with Crippen molar-refractivity contribution in [3.05, 3.63) is 0 Å². The van der Waals surface area contributed by atoms with Gasteiger partial charge in [0.25, 0.3) is 0 Å². The van der Waals surface area contributed by atoms with E-state index < -0.39 is 0 Å². The SMILES string of the molecule is CCNC(=O)C(C)CCNC(=O)C(C)SC. The average molecular weight is 246 g/mol. The zero-order valence-electron chi connectivity index (χ0n) is 10.5. The maximum atomic E-state index is 11.4. The molecule has 0 aromatic carbocycles. The van der Waals surface area contributed by atoms with Crippen molar-refractivity contribution >= 4 is 23.6 Å². The molecule has 0 heterocycles. The van der Waals surface area contributed by atoms with Gasteiger partial charge in [0.05, 0.1) is 5.25 Å². The number of hydrogen-bond donors (Lipinski definition) is 2. The second-order valence-corrected chi connectivity index (χ2v) is 4.93. The van der Waals surface area contributed by atoms with Crippen LogP contribution in [0.3, 0.4) is 0 Å². The lowest BCUT2D eigenvalue weighted by Gasteiger charge is -2.13. The molecule has 4 nitrogen and oxygen atoms in total. The number of hydrogen-bond acceptors (Lipinski definition) is 3. The van der Waals surface area contributed by atoms with E-state index in [0.717, 1.165) is 0 Å². The Morgan fingerprint density at radius 3 is 2.31 bits per heavy atom. The van der Waals surface area contributed by atoms with Crippen LogP contribution < -0.4 is 10.6 Å². The van der Waals surface area contributed by atoms with E-state index in [9.17, 15) is 9.59 Å². The third-order valence-corrected chi connectivity index (χ3v) is 3.32. The van der Waals surface area contributed by atoms with Gasteiger partial charge in [0.2, 0.25) is 11.8 Å². The van der Waals surface area contributed by atoms with Crippen LogP contribution in [0.5, 0.6) is 0 Å². The molecule has 0 rings (SSSR count). The molecule has 0 aromatic heterocycles. The maximum absolute atomic E-state index is 11.4. The van der Waals surface area contributed by atoms with Crippen molar-refractivity contribution in [3.63, 3.8) is 0 Å². The molecule has 0 bridgehead atoms. The average Bonchev–Trinajstić information content (AvgIpc) is 2.27. The van der Waals surface area contributed by atoms with Crippen molar-refractivity contribution in [2.24, 2.45) is 5.92 Å². The van der Waals surface area contributed by atoms with Crippen LogP contribution in [-0.2, 0) is 9.59 Å². The zero-order chi connectivity index (χ0) is 12.6. The first-order chi connectivity index (χ1) is 7.52. The van der Waals surface area contributed by atoms with Crippen molar-refractivity contribution in [1.82, 2.24) is 10.6 Å². The van der Waals surface area contributed by atoms with Gasteiger partial charge in [-0.3, -0.25) is 9.59 Å². The molecule has 2 unspecified atom stereocenters. The molecular weight excluding hydrogens is 224 g/mol. The van der Waals surface area contributed by atoms with Crippen molar-refractivity contribution in [2.45, 2.75) is 32.4 Å². The van der Waals surface area contributed by atoms with Gasteiger partial charge < -0.3 is 10.6 Å². The quantitative estimate of drug-likeness (QED) is 0.705. The Morgan fingerprint density at radius 2 is 1.81 bits per heavy atom. The van der Waals surface area contributed by atoms with E-state index in [2.05, 4.69) is 10.6 Å². The van der Waals surface area contributed by atoms with Gasteiger partial charge in [0.15, 0.2) is 0 Å². The molecule has 0 aliphatic heterocycles. The van der Waals surface area contributed by atoms with E-state index in [1.165, 1.54) is 11.8 Å². The Labute approximate surface area is 102 Å². The van der Waals surface area contributed by atoms with Gasteiger partial charge in [-0.15, -0.1) is 0 Å². The van der Waals surface area contributed by atoms with E-state index in [4.69, 9.17) is 0 Å². The first-order valence-corrected chi connectivity index (χ1v) is 6.89. The highest BCUT2D eigenvalue weighted by Crippen LogP contribution is 2.05. The van der Waals surface area contributed by atoms with Crippen molar-refractivity contribution < 1.29 is 9.59 Å². The number of carbonyl (C=O) groups excluding carboxylic acids is 2. The molecule has 0 aromatic rings. The summed E-state index contributed by atoms with van der Waals surface area (Å²) in [6.45, 7) is 6.84. The van der Waals surface area contributed by atoms with Crippen molar-refractivity contribution in [3.8, 4) is 0 Å². The van der Waals surface area contributed by atoms with Crippen LogP contribution in [0.2, 0.25) is 0 Å². The van der Waals surface area contributed by atoms with Gasteiger partial charge in [0, 0.05) is 19.0 Å². The lowest BCUT2D eigenvalue weighted by Crippen LogP contribution is -2.35. The fraction of sp³-hybridized carbons (Fsp3) is 0.818. The summed E-state index contributed by atoms with van der Waals surface area (Å²) >= 11 is 1.51. The number of nitrogens with one attached hydrogen (secondary N) is 2. The Bertz CT molecular complexity index is 234. The fourth-order valence-electron chi connectivity index (χ4n) is 1.14. The van der Waals surface area contributed by atoms with Crippen LogP contribution in [0.1, 0.15) is 27.2 Å². The fourth-order valence-corrected chi connectivity index (χ4v) is 1.44. The lowest BCUT2D eigenvalue weighted by atomic mass is 10.1. The molecular formula is C11H22N2O2S. The van der Waals surface area contributed by atoms with Gasteiger partial charge in [-0.2, -0.15) is 11.8 Å². The van der Waals surface area contributed by atoms with Gasteiger partial charge >= 0.3 is 0 Å². The highest BCUT2D eigenvalue weighted by atomic mass is 32.2. The number of carbonyl (C=O) groups is 2. The topological polar surface area (TPSA) is 58.2 Å². The van der Waals surface area contributed by atoms with E-state index in [1.54, 1.807) is 0 Å². The molecule has 0 aliphatic rings. The van der Waals surface area contributed by atoms with Crippen LogP contribution in [0.4, 0.5) is 0 Å². The summed E-state index contributed by atoms with van der Waals surface area (Å²) in [4.78, 5) is 22.8. The Hall–Kier alpha value is -0.710. The third-order valence-electron chi connectivity index (χ3n) is 2.40. The molecule has 16 heavy (non-hydrogen) atoms. The highest BCUT2D eigenvalue weighted by molar-refractivity contribution is 7.99. The summed E-state index contributed by atoms with van der Waals surface area (Å²) < 4.78 is 0. The molecule has 0 spiro atoms. The second kappa shape index (κ2) is 8.44. The van der Waals surface area contributed by atoms with Crippen LogP contribution >= 0.6 is 11.8 Å². The minimum absolute atomic E-state index is 0.0280. The zero-order valence-corrected chi connectivity index (χ0v) is 11.3. The second-order valence-electron chi connectivity index (χ2n) is 3.75. The molecule has 0 fully saturated rings. The van der Waals surface area contributed by atoms with Gasteiger partial charge in [0.1, 0.15) is 0 Å². The summed E-state index contributed by atoms with van der Waals surface area (Å²) in [7, 11) is 0. The summed E-state index contributed by atoms with van der Waals surface area (Å²) in [5.74, 6) is 0.0371.